The lowest BCUT2D eigenvalue weighted by Gasteiger charge is -2.15. The predicted molar refractivity (Wildman–Crippen MR) is 46.5 cm³/mol. The molecule has 4 nitrogen and oxygen atoms in total. The molecule has 7 heteroatoms. The predicted octanol–water partition coefficient (Wildman–Crippen LogP) is 1.88. The molecule has 2 heterocycles. The number of pyridine rings is 1. The Kier molecular flexibility index (Phi) is 2.45. The number of nitrogens with zero attached hydrogens (tertiary/aromatic N) is 1. The molecule has 0 aromatic carbocycles. The first-order valence-corrected chi connectivity index (χ1v) is 4.44. The summed E-state index contributed by atoms with van der Waals surface area (Å²) >= 11 is 0. The number of hydrogen-bond donors (Lipinski definition) is 1. The van der Waals surface area contributed by atoms with Crippen LogP contribution in [0.3, 0.4) is 0 Å². The van der Waals surface area contributed by atoms with Crippen LogP contribution in [-0.4, -0.2) is 17.6 Å². The average molecular weight is 232 g/mol. The van der Waals surface area contributed by atoms with Crippen LogP contribution in [0.5, 0.6) is 0 Å². The van der Waals surface area contributed by atoms with Gasteiger partial charge in [0.1, 0.15) is 6.10 Å². The standard InChI is InChI=1S/C9H7F3N2O2/c10-9(11,12)6-1-2-13-3-5(6)7-4-14-8(15)16-7/h1-3,7H,4H2,(H,14,15). The monoisotopic (exact) mass is 232 g/mol. The molecule has 1 unspecified atom stereocenters. The van der Waals surface area contributed by atoms with E-state index in [0.717, 1.165) is 18.5 Å². The molecule has 2 rings (SSSR count). The van der Waals surface area contributed by atoms with Crippen molar-refractivity contribution in [2.45, 2.75) is 12.3 Å². The van der Waals surface area contributed by atoms with Crippen molar-refractivity contribution in [1.29, 1.82) is 0 Å². The Morgan fingerprint density at radius 3 is 2.81 bits per heavy atom. The number of nitrogens with one attached hydrogen (secondary N) is 1. The number of amides is 1. The Morgan fingerprint density at radius 2 is 2.25 bits per heavy atom. The first-order valence-electron chi connectivity index (χ1n) is 4.44. The van der Waals surface area contributed by atoms with Crippen LogP contribution in [0.25, 0.3) is 0 Å². The van der Waals surface area contributed by atoms with Gasteiger partial charge in [-0.05, 0) is 6.07 Å². The van der Waals surface area contributed by atoms with Crippen LogP contribution in [0.2, 0.25) is 0 Å². The largest absolute Gasteiger partial charge is 0.439 e. The number of alkyl halides is 3. The summed E-state index contributed by atoms with van der Waals surface area (Å²) in [4.78, 5) is 14.4. The topological polar surface area (TPSA) is 51.2 Å². The zero-order valence-electron chi connectivity index (χ0n) is 7.91. The van der Waals surface area contributed by atoms with Gasteiger partial charge in [-0.2, -0.15) is 13.2 Å². The SMILES string of the molecule is O=C1NCC(c2cnccc2C(F)(F)F)O1. The summed E-state index contributed by atoms with van der Waals surface area (Å²) in [6.45, 7) is 0.0214. The lowest BCUT2D eigenvalue weighted by atomic mass is 10.1. The van der Waals surface area contributed by atoms with E-state index in [9.17, 15) is 18.0 Å². The number of rotatable bonds is 1. The van der Waals surface area contributed by atoms with E-state index in [1.165, 1.54) is 0 Å². The highest BCUT2D eigenvalue weighted by Gasteiger charge is 2.37. The first-order chi connectivity index (χ1) is 7.48. The maximum Gasteiger partial charge on any atom is 0.416 e. The van der Waals surface area contributed by atoms with Gasteiger partial charge >= 0.3 is 12.3 Å². The van der Waals surface area contributed by atoms with Gasteiger partial charge in [0.25, 0.3) is 0 Å². The molecule has 1 N–H and O–H groups in total. The normalized spacial score (nSPS) is 20.4. The minimum absolute atomic E-state index is 0.0214. The van der Waals surface area contributed by atoms with Crippen molar-refractivity contribution in [3.05, 3.63) is 29.6 Å². The Morgan fingerprint density at radius 1 is 1.50 bits per heavy atom. The maximum absolute atomic E-state index is 12.6. The fourth-order valence-electron chi connectivity index (χ4n) is 1.48. The van der Waals surface area contributed by atoms with Gasteiger partial charge in [-0.25, -0.2) is 4.79 Å². The summed E-state index contributed by atoms with van der Waals surface area (Å²) in [6.07, 6.45) is -4.02. The van der Waals surface area contributed by atoms with E-state index < -0.39 is 23.9 Å². The van der Waals surface area contributed by atoms with Crippen LogP contribution in [0, 0.1) is 0 Å². The average Bonchev–Trinajstić information content (AvgIpc) is 2.64. The van der Waals surface area contributed by atoms with Gasteiger partial charge in [0.15, 0.2) is 0 Å². The van der Waals surface area contributed by atoms with Crippen LogP contribution >= 0.6 is 0 Å². The maximum atomic E-state index is 12.6. The molecule has 1 amide bonds. The van der Waals surface area contributed by atoms with Crippen LogP contribution in [0.1, 0.15) is 17.2 Å². The zero-order chi connectivity index (χ0) is 11.8. The molecule has 1 aromatic heterocycles. The molecule has 1 atom stereocenters. The van der Waals surface area contributed by atoms with Crippen molar-refractivity contribution in [2.24, 2.45) is 0 Å². The third kappa shape index (κ3) is 1.93. The number of cyclic esters (lactones) is 1. The summed E-state index contributed by atoms with van der Waals surface area (Å²) in [6, 6.07) is 0.863. The molecule has 0 radical (unpaired) electrons. The molecule has 1 aromatic rings. The number of hydrogen-bond acceptors (Lipinski definition) is 3. The summed E-state index contributed by atoms with van der Waals surface area (Å²) in [5, 5.41) is 2.29. The van der Waals surface area contributed by atoms with Crippen molar-refractivity contribution in [3.63, 3.8) is 0 Å². The molecule has 1 aliphatic rings. The fourth-order valence-corrected chi connectivity index (χ4v) is 1.48. The van der Waals surface area contributed by atoms with E-state index in [-0.39, 0.29) is 12.1 Å². The molecular weight excluding hydrogens is 225 g/mol. The second kappa shape index (κ2) is 3.66. The van der Waals surface area contributed by atoms with Crippen molar-refractivity contribution >= 4 is 6.09 Å². The second-order valence-corrected chi connectivity index (χ2v) is 3.24. The van der Waals surface area contributed by atoms with Gasteiger partial charge in [-0.3, -0.25) is 4.98 Å². The smallest absolute Gasteiger partial charge is 0.416 e. The highest BCUT2D eigenvalue weighted by molar-refractivity contribution is 5.69. The molecule has 16 heavy (non-hydrogen) atoms. The van der Waals surface area contributed by atoms with E-state index >= 15 is 0 Å². The molecule has 0 aliphatic carbocycles. The molecule has 0 saturated carbocycles. The summed E-state index contributed by atoms with van der Waals surface area (Å²) in [7, 11) is 0. The lowest BCUT2D eigenvalue weighted by Crippen LogP contribution is -2.15. The highest BCUT2D eigenvalue weighted by atomic mass is 19.4. The molecule has 0 bridgehead atoms. The quantitative estimate of drug-likeness (QED) is 0.804. The van der Waals surface area contributed by atoms with Crippen LogP contribution in [-0.2, 0) is 10.9 Å². The van der Waals surface area contributed by atoms with Crippen molar-refractivity contribution < 1.29 is 22.7 Å². The van der Waals surface area contributed by atoms with Gasteiger partial charge in [-0.15, -0.1) is 0 Å². The summed E-state index contributed by atoms with van der Waals surface area (Å²) < 4.78 is 42.5. The van der Waals surface area contributed by atoms with Crippen LogP contribution < -0.4 is 5.32 Å². The number of halogens is 3. The molecule has 0 spiro atoms. The Labute approximate surface area is 88.4 Å². The molecule has 1 fully saturated rings. The fraction of sp³-hybridized carbons (Fsp3) is 0.333. The van der Waals surface area contributed by atoms with E-state index in [1.807, 2.05) is 0 Å². The Bertz CT molecular complexity index is 419. The van der Waals surface area contributed by atoms with Gasteiger partial charge in [0, 0.05) is 18.0 Å². The molecule has 1 aliphatic heterocycles. The third-order valence-electron chi connectivity index (χ3n) is 2.19. The third-order valence-corrected chi connectivity index (χ3v) is 2.19. The lowest BCUT2D eigenvalue weighted by molar-refractivity contribution is -0.139. The van der Waals surface area contributed by atoms with Gasteiger partial charge < -0.3 is 10.1 Å². The summed E-state index contributed by atoms with van der Waals surface area (Å²) in [5.41, 5.74) is -0.961. The number of ether oxygens (including phenoxy) is 1. The molecule has 86 valence electrons. The Hall–Kier alpha value is -1.79. The minimum atomic E-state index is -4.48. The number of alkyl carbamates (subject to hydrolysis) is 1. The van der Waals surface area contributed by atoms with Crippen LogP contribution in [0.15, 0.2) is 18.5 Å². The molecule has 1 saturated heterocycles. The number of aromatic nitrogens is 1. The highest BCUT2D eigenvalue weighted by Crippen LogP contribution is 2.35. The van der Waals surface area contributed by atoms with Gasteiger partial charge in [-0.1, -0.05) is 0 Å². The van der Waals surface area contributed by atoms with Crippen molar-refractivity contribution in [2.75, 3.05) is 6.54 Å². The van der Waals surface area contributed by atoms with E-state index in [1.54, 1.807) is 0 Å². The van der Waals surface area contributed by atoms with E-state index in [4.69, 9.17) is 4.74 Å². The second-order valence-electron chi connectivity index (χ2n) is 3.24. The van der Waals surface area contributed by atoms with Gasteiger partial charge in [0.2, 0.25) is 0 Å². The van der Waals surface area contributed by atoms with Gasteiger partial charge in [0.05, 0.1) is 12.1 Å². The number of carbonyl (C=O) groups is 1. The first kappa shape index (κ1) is 10.7. The number of carbonyl (C=O) groups excluding carboxylic acids is 1. The Balaban J connectivity index is 2.37. The van der Waals surface area contributed by atoms with Crippen LogP contribution in [0.4, 0.5) is 18.0 Å². The van der Waals surface area contributed by atoms with E-state index in [0.29, 0.717) is 0 Å². The van der Waals surface area contributed by atoms with Crippen molar-refractivity contribution in [1.82, 2.24) is 10.3 Å². The zero-order valence-corrected chi connectivity index (χ0v) is 7.91. The summed E-state index contributed by atoms with van der Waals surface area (Å²) in [5.74, 6) is 0. The van der Waals surface area contributed by atoms with E-state index in [2.05, 4.69) is 10.3 Å². The minimum Gasteiger partial charge on any atom is -0.439 e. The molecular formula is C9H7F3N2O2. The van der Waals surface area contributed by atoms with Crippen molar-refractivity contribution in [3.8, 4) is 0 Å².